The number of hydrogen-bond acceptors (Lipinski definition) is 5. The van der Waals surface area contributed by atoms with Crippen LogP contribution in [0.3, 0.4) is 0 Å². The Labute approximate surface area is 116 Å². The molecule has 5 heteroatoms. The van der Waals surface area contributed by atoms with Gasteiger partial charge in [0.25, 0.3) is 0 Å². The maximum Gasteiger partial charge on any atom is 0.240 e. The second-order valence-corrected chi connectivity index (χ2v) is 4.20. The molecule has 5 nitrogen and oxygen atoms in total. The summed E-state index contributed by atoms with van der Waals surface area (Å²) in [6.45, 7) is 0.909. The highest BCUT2D eigenvalue weighted by Crippen LogP contribution is 2.23. The van der Waals surface area contributed by atoms with E-state index in [0.29, 0.717) is 24.8 Å². The molecular weight excluding hydrogens is 252 g/mol. The molecule has 2 heterocycles. The van der Waals surface area contributed by atoms with Gasteiger partial charge in [-0.2, -0.15) is 4.98 Å². The van der Waals surface area contributed by atoms with E-state index in [9.17, 15) is 0 Å². The van der Waals surface area contributed by atoms with E-state index in [4.69, 9.17) is 10.9 Å². The number of aromatic nitrogens is 3. The van der Waals surface area contributed by atoms with Crippen LogP contribution in [0.4, 0.5) is 0 Å². The molecule has 3 rings (SSSR count). The average molecular weight is 264 g/mol. The molecule has 20 heavy (non-hydrogen) atoms. The SMILES string of the molecule is C#CCNCc1nc(-c2nccc3ccccc23)no1. The van der Waals surface area contributed by atoms with Gasteiger partial charge in [0.2, 0.25) is 11.7 Å². The fraction of sp³-hybridized carbons (Fsp3) is 0.133. The van der Waals surface area contributed by atoms with Gasteiger partial charge < -0.3 is 4.52 Å². The highest BCUT2D eigenvalue weighted by Gasteiger charge is 2.12. The number of nitrogens with one attached hydrogen (secondary N) is 1. The highest BCUT2D eigenvalue weighted by molar-refractivity contribution is 5.92. The monoisotopic (exact) mass is 264 g/mol. The number of rotatable bonds is 4. The molecule has 0 saturated heterocycles. The van der Waals surface area contributed by atoms with Crippen molar-refractivity contribution in [2.45, 2.75) is 6.54 Å². The molecule has 0 spiro atoms. The van der Waals surface area contributed by atoms with E-state index in [0.717, 1.165) is 16.5 Å². The normalized spacial score (nSPS) is 10.6. The standard InChI is InChI=1S/C15H12N4O/c1-2-8-16-10-13-18-15(19-20-13)14-12-6-4-3-5-11(12)7-9-17-14/h1,3-7,9,16H,8,10H2. The molecule has 0 saturated carbocycles. The summed E-state index contributed by atoms with van der Waals surface area (Å²) in [5.74, 6) is 3.46. The first kappa shape index (κ1) is 12.3. The largest absolute Gasteiger partial charge is 0.337 e. The van der Waals surface area contributed by atoms with Crippen molar-refractivity contribution in [2.24, 2.45) is 0 Å². The van der Waals surface area contributed by atoms with Gasteiger partial charge in [0.15, 0.2) is 0 Å². The second kappa shape index (κ2) is 5.51. The predicted octanol–water partition coefficient (Wildman–Crippen LogP) is 2.01. The van der Waals surface area contributed by atoms with Crippen LogP contribution in [-0.4, -0.2) is 21.7 Å². The van der Waals surface area contributed by atoms with E-state index >= 15 is 0 Å². The molecular formula is C15H12N4O. The summed E-state index contributed by atoms with van der Waals surface area (Å²) in [4.78, 5) is 8.68. The van der Waals surface area contributed by atoms with Crippen molar-refractivity contribution in [1.29, 1.82) is 0 Å². The van der Waals surface area contributed by atoms with Gasteiger partial charge in [-0.1, -0.05) is 35.3 Å². The molecule has 0 amide bonds. The maximum absolute atomic E-state index is 5.18. The van der Waals surface area contributed by atoms with Crippen molar-refractivity contribution in [2.75, 3.05) is 6.54 Å². The summed E-state index contributed by atoms with van der Waals surface area (Å²) in [5.41, 5.74) is 0.718. The molecule has 0 unspecified atom stereocenters. The van der Waals surface area contributed by atoms with Crippen molar-refractivity contribution in [1.82, 2.24) is 20.4 Å². The van der Waals surface area contributed by atoms with Gasteiger partial charge in [-0.05, 0) is 11.5 Å². The van der Waals surface area contributed by atoms with Gasteiger partial charge in [0, 0.05) is 11.6 Å². The first-order chi connectivity index (χ1) is 9.88. The molecule has 1 N–H and O–H groups in total. The summed E-state index contributed by atoms with van der Waals surface area (Å²) in [6.07, 6.45) is 6.90. The third kappa shape index (κ3) is 2.37. The third-order valence-electron chi connectivity index (χ3n) is 2.86. The average Bonchev–Trinajstić information content (AvgIpc) is 2.96. The van der Waals surface area contributed by atoms with Gasteiger partial charge in [-0.3, -0.25) is 10.3 Å². The third-order valence-corrected chi connectivity index (χ3v) is 2.86. The Bertz CT molecular complexity index is 767. The number of nitrogens with zero attached hydrogens (tertiary/aromatic N) is 3. The molecule has 0 bridgehead atoms. The van der Waals surface area contributed by atoms with E-state index in [-0.39, 0.29) is 0 Å². The van der Waals surface area contributed by atoms with Crippen molar-refractivity contribution in [3.8, 4) is 23.9 Å². The summed E-state index contributed by atoms with van der Waals surface area (Å²) < 4.78 is 5.18. The first-order valence-corrected chi connectivity index (χ1v) is 6.19. The van der Waals surface area contributed by atoms with E-state index in [1.165, 1.54) is 0 Å². The number of fused-ring (bicyclic) bond motifs is 1. The zero-order chi connectivity index (χ0) is 13.8. The summed E-state index contributed by atoms with van der Waals surface area (Å²) >= 11 is 0. The predicted molar refractivity (Wildman–Crippen MR) is 75.6 cm³/mol. The minimum absolute atomic E-state index is 0.446. The van der Waals surface area contributed by atoms with Gasteiger partial charge >= 0.3 is 0 Å². The lowest BCUT2D eigenvalue weighted by Crippen LogP contribution is -2.13. The molecule has 0 aliphatic carbocycles. The molecule has 0 radical (unpaired) electrons. The minimum Gasteiger partial charge on any atom is -0.337 e. The van der Waals surface area contributed by atoms with Crippen molar-refractivity contribution < 1.29 is 4.52 Å². The molecule has 0 atom stereocenters. The van der Waals surface area contributed by atoms with Crippen LogP contribution in [0, 0.1) is 12.3 Å². The Balaban J connectivity index is 1.94. The Morgan fingerprint density at radius 1 is 1.25 bits per heavy atom. The maximum atomic E-state index is 5.18. The van der Waals surface area contributed by atoms with Gasteiger partial charge in [-0.25, -0.2) is 0 Å². The Morgan fingerprint density at radius 2 is 2.15 bits per heavy atom. The van der Waals surface area contributed by atoms with Gasteiger partial charge in [0.1, 0.15) is 5.69 Å². The molecule has 1 aromatic carbocycles. The van der Waals surface area contributed by atoms with Crippen LogP contribution >= 0.6 is 0 Å². The number of terminal acetylenes is 1. The van der Waals surface area contributed by atoms with Gasteiger partial charge in [0.05, 0.1) is 13.1 Å². The lowest BCUT2D eigenvalue weighted by atomic mass is 10.1. The Morgan fingerprint density at radius 3 is 3.05 bits per heavy atom. The van der Waals surface area contributed by atoms with Crippen LogP contribution in [0.25, 0.3) is 22.3 Å². The molecule has 0 aliphatic rings. The molecule has 2 aromatic heterocycles. The quantitative estimate of drug-likeness (QED) is 0.577. The fourth-order valence-electron chi connectivity index (χ4n) is 1.96. The summed E-state index contributed by atoms with van der Waals surface area (Å²) in [5, 5.41) is 9.07. The lowest BCUT2D eigenvalue weighted by Gasteiger charge is -2.00. The summed E-state index contributed by atoms with van der Waals surface area (Å²) in [7, 11) is 0. The number of benzene rings is 1. The lowest BCUT2D eigenvalue weighted by molar-refractivity contribution is 0.370. The molecule has 98 valence electrons. The van der Waals surface area contributed by atoms with E-state index < -0.39 is 0 Å². The topological polar surface area (TPSA) is 63.8 Å². The van der Waals surface area contributed by atoms with E-state index in [1.807, 2.05) is 30.3 Å². The van der Waals surface area contributed by atoms with Crippen molar-refractivity contribution in [3.63, 3.8) is 0 Å². The van der Waals surface area contributed by atoms with Crippen LogP contribution < -0.4 is 5.32 Å². The highest BCUT2D eigenvalue weighted by atomic mass is 16.5. The second-order valence-electron chi connectivity index (χ2n) is 4.20. The van der Waals surface area contributed by atoms with Crippen molar-refractivity contribution in [3.05, 3.63) is 42.4 Å². The van der Waals surface area contributed by atoms with Crippen LogP contribution in [0.5, 0.6) is 0 Å². The number of hydrogen-bond donors (Lipinski definition) is 1. The smallest absolute Gasteiger partial charge is 0.240 e. The van der Waals surface area contributed by atoms with Crippen LogP contribution in [0.1, 0.15) is 5.89 Å². The van der Waals surface area contributed by atoms with Gasteiger partial charge in [-0.15, -0.1) is 6.42 Å². The van der Waals surface area contributed by atoms with Crippen LogP contribution in [0.2, 0.25) is 0 Å². The zero-order valence-corrected chi connectivity index (χ0v) is 10.7. The Hall–Kier alpha value is -2.71. The van der Waals surface area contributed by atoms with E-state index in [2.05, 4.69) is 26.4 Å². The number of pyridine rings is 1. The minimum atomic E-state index is 0.446. The van der Waals surface area contributed by atoms with Crippen LogP contribution in [0.15, 0.2) is 41.1 Å². The first-order valence-electron chi connectivity index (χ1n) is 6.19. The van der Waals surface area contributed by atoms with Crippen LogP contribution in [-0.2, 0) is 6.54 Å². The van der Waals surface area contributed by atoms with E-state index in [1.54, 1.807) is 6.20 Å². The fourth-order valence-corrected chi connectivity index (χ4v) is 1.96. The summed E-state index contributed by atoms with van der Waals surface area (Å²) in [6, 6.07) is 9.91. The molecule has 3 aromatic rings. The Kier molecular flexibility index (Phi) is 3.40. The molecule has 0 aliphatic heterocycles. The van der Waals surface area contributed by atoms with Crippen molar-refractivity contribution >= 4 is 10.8 Å². The zero-order valence-electron chi connectivity index (χ0n) is 10.7. The molecule has 0 fully saturated rings.